The topological polar surface area (TPSA) is 54.5 Å². The lowest BCUT2D eigenvalue weighted by Crippen LogP contribution is -2.37. The van der Waals surface area contributed by atoms with Crippen LogP contribution in [0.1, 0.15) is 36.5 Å². The first-order chi connectivity index (χ1) is 9.82. The van der Waals surface area contributed by atoms with Gasteiger partial charge in [-0.3, -0.25) is 4.79 Å². The zero-order chi connectivity index (χ0) is 15.6. The van der Waals surface area contributed by atoms with Crippen LogP contribution in [0.3, 0.4) is 0 Å². The zero-order valence-corrected chi connectivity index (χ0v) is 13.3. The second kappa shape index (κ2) is 6.32. The van der Waals surface area contributed by atoms with Gasteiger partial charge >= 0.3 is 0 Å². The third-order valence-corrected chi connectivity index (χ3v) is 5.15. The van der Waals surface area contributed by atoms with Crippen molar-refractivity contribution in [3.8, 4) is 0 Å². The Morgan fingerprint density at radius 1 is 1.43 bits per heavy atom. The van der Waals surface area contributed by atoms with Gasteiger partial charge in [-0.2, -0.15) is 0 Å². The predicted molar refractivity (Wildman–Crippen MR) is 78.4 cm³/mol. The van der Waals surface area contributed by atoms with Gasteiger partial charge < -0.3 is 4.90 Å². The first-order valence-electron chi connectivity index (χ1n) is 6.86. The molecule has 0 spiro atoms. The predicted octanol–water partition coefficient (Wildman–Crippen LogP) is 3.02. The largest absolute Gasteiger partial charge is 0.339 e. The number of carbonyl (C=O) groups is 1. The van der Waals surface area contributed by atoms with Gasteiger partial charge in [0.1, 0.15) is 10.7 Å². The third kappa shape index (κ3) is 3.74. The van der Waals surface area contributed by atoms with Crippen LogP contribution in [0, 0.1) is 11.7 Å². The summed E-state index contributed by atoms with van der Waals surface area (Å²) in [5.74, 6) is -0.750. The van der Waals surface area contributed by atoms with Gasteiger partial charge in [0.05, 0.1) is 0 Å². The monoisotopic (exact) mass is 333 g/mol. The van der Waals surface area contributed by atoms with Crippen LogP contribution in [-0.4, -0.2) is 32.3 Å². The Morgan fingerprint density at radius 2 is 2.10 bits per heavy atom. The molecule has 0 radical (unpaired) electrons. The summed E-state index contributed by atoms with van der Waals surface area (Å²) >= 11 is 0. The molecule has 1 aromatic rings. The summed E-state index contributed by atoms with van der Waals surface area (Å²) in [6.45, 7) is 3.03. The molecule has 116 valence electrons. The lowest BCUT2D eigenvalue weighted by molar-refractivity contribution is 0.0706. The molecule has 1 fully saturated rings. The molecular formula is C14H17ClFNO3S. The maximum atomic E-state index is 13.5. The van der Waals surface area contributed by atoms with Crippen LogP contribution in [0.2, 0.25) is 0 Å². The minimum absolute atomic E-state index is 0.136. The molecule has 1 aliphatic rings. The van der Waals surface area contributed by atoms with Crippen molar-refractivity contribution in [3.05, 3.63) is 29.6 Å². The maximum absolute atomic E-state index is 13.5. The SMILES string of the molecule is CCN(CC1CCC1)C(=O)c1ccc(F)c(S(=O)(=O)Cl)c1. The standard InChI is InChI=1S/C14H17ClFNO3S/c1-2-17(9-10-4-3-5-10)14(18)11-6-7-12(16)13(8-11)21(15,19)20/h6-8,10H,2-5,9H2,1H3. The fraction of sp³-hybridized carbons (Fsp3) is 0.500. The van der Waals surface area contributed by atoms with Crippen molar-refractivity contribution in [2.45, 2.75) is 31.1 Å². The van der Waals surface area contributed by atoms with E-state index in [1.54, 1.807) is 4.90 Å². The molecule has 0 heterocycles. The number of halogens is 2. The lowest BCUT2D eigenvalue weighted by Gasteiger charge is -2.31. The second-order valence-electron chi connectivity index (χ2n) is 5.22. The molecule has 1 amide bonds. The smallest absolute Gasteiger partial charge is 0.264 e. The van der Waals surface area contributed by atoms with Crippen molar-refractivity contribution >= 4 is 25.6 Å². The van der Waals surface area contributed by atoms with E-state index in [0.717, 1.165) is 25.0 Å². The summed E-state index contributed by atoms with van der Waals surface area (Å²) in [6.07, 6.45) is 3.39. The number of benzene rings is 1. The highest BCUT2D eigenvalue weighted by Crippen LogP contribution is 2.28. The highest BCUT2D eigenvalue weighted by molar-refractivity contribution is 8.13. The van der Waals surface area contributed by atoms with Gasteiger partial charge in [-0.15, -0.1) is 0 Å². The molecule has 2 rings (SSSR count). The summed E-state index contributed by atoms with van der Waals surface area (Å²) in [6, 6.07) is 3.25. The van der Waals surface area contributed by atoms with E-state index in [-0.39, 0.29) is 11.5 Å². The van der Waals surface area contributed by atoms with E-state index in [2.05, 4.69) is 0 Å². The lowest BCUT2D eigenvalue weighted by atomic mass is 9.85. The molecule has 7 heteroatoms. The molecule has 0 atom stereocenters. The van der Waals surface area contributed by atoms with Gasteiger partial charge in [-0.05, 0) is 43.9 Å². The number of nitrogens with zero attached hydrogens (tertiary/aromatic N) is 1. The van der Waals surface area contributed by atoms with Gasteiger partial charge in [0.15, 0.2) is 0 Å². The first-order valence-corrected chi connectivity index (χ1v) is 9.17. The number of amides is 1. The van der Waals surface area contributed by atoms with E-state index >= 15 is 0 Å². The maximum Gasteiger partial charge on any atom is 0.264 e. The van der Waals surface area contributed by atoms with Crippen LogP contribution >= 0.6 is 10.7 Å². The van der Waals surface area contributed by atoms with Crippen molar-refractivity contribution in [3.63, 3.8) is 0 Å². The Hall–Kier alpha value is -1.14. The molecule has 0 aromatic heterocycles. The van der Waals surface area contributed by atoms with Crippen LogP contribution in [0.4, 0.5) is 4.39 Å². The highest BCUT2D eigenvalue weighted by atomic mass is 35.7. The van der Waals surface area contributed by atoms with Crippen LogP contribution in [0.5, 0.6) is 0 Å². The van der Waals surface area contributed by atoms with Crippen molar-refractivity contribution in [1.82, 2.24) is 4.90 Å². The first kappa shape index (κ1) is 16.2. The van der Waals surface area contributed by atoms with E-state index in [1.165, 1.54) is 12.5 Å². The number of hydrogen-bond donors (Lipinski definition) is 0. The van der Waals surface area contributed by atoms with Gasteiger partial charge in [-0.25, -0.2) is 12.8 Å². The second-order valence-corrected chi connectivity index (χ2v) is 7.76. The summed E-state index contributed by atoms with van der Waals surface area (Å²) in [7, 11) is 0.965. The van der Waals surface area contributed by atoms with Crippen LogP contribution in [0.25, 0.3) is 0 Å². The van der Waals surface area contributed by atoms with E-state index in [4.69, 9.17) is 10.7 Å². The fourth-order valence-electron chi connectivity index (χ4n) is 2.35. The average molecular weight is 334 g/mol. The van der Waals surface area contributed by atoms with Crippen molar-refractivity contribution < 1.29 is 17.6 Å². The highest BCUT2D eigenvalue weighted by Gasteiger charge is 2.25. The van der Waals surface area contributed by atoms with E-state index in [9.17, 15) is 17.6 Å². The summed E-state index contributed by atoms with van der Waals surface area (Å²) in [5, 5.41) is 0. The Morgan fingerprint density at radius 3 is 2.57 bits per heavy atom. The van der Waals surface area contributed by atoms with Crippen LogP contribution in [0.15, 0.2) is 23.1 Å². The Balaban J connectivity index is 2.25. The van der Waals surface area contributed by atoms with E-state index in [1.807, 2.05) is 6.92 Å². The van der Waals surface area contributed by atoms with Crippen LogP contribution < -0.4 is 0 Å². The van der Waals surface area contributed by atoms with Gasteiger partial charge in [0.25, 0.3) is 15.0 Å². The van der Waals surface area contributed by atoms with Crippen LogP contribution in [-0.2, 0) is 9.05 Å². The van der Waals surface area contributed by atoms with E-state index < -0.39 is 19.8 Å². The molecule has 1 aromatic carbocycles. The molecule has 4 nitrogen and oxygen atoms in total. The molecule has 0 aliphatic heterocycles. The molecule has 21 heavy (non-hydrogen) atoms. The van der Waals surface area contributed by atoms with Crippen molar-refractivity contribution in [2.75, 3.05) is 13.1 Å². The molecule has 0 unspecified atom stereocenters. The fourth-order valence-corrected chi connectivity index (χ4v) is 3.27. The van der Waals surface area contributed by atoms with Crippen molar-refractivity contribution in [1.29, 1.82) is 0 Å². The number of rotatable bonds is 5. The molecule has 0 N–H and O–H groups in total. The quantitative estimate of drug-likeness (QED) is 0.778. The minimum Gasteiger partial charge on any atom is -0.339 e. The Kier molecular flexibility index (Phi) is 4.88. The molecule has 1 aliphatic carbocycles. The Bertz CT molecular complexity index is 644. The number of hydrogen-bond acceptors (Lipinski definition) is 3. The van der Waals surface area contributed by atoms with E-state index in [0.29, 0.717) is 19.0 Å². The summed E-state index contributed by atoms with van der Waals surface area (Å²) < 4.78 is 36.1. The summed E-state index contributed by atoms with van der Waals surface area (Å²) in [5.41, 5.74) is 0.136. The van der Waals surface area contributed by atoms with Crippen molar-refractivity contribution in [2.24, 2.45) is 5.92 Å². The zero-order valence-electron chi connectivity index (χ0n) is 11.7. The van der Waals surface area contributed by atoms with Gasteiger partial charge in [0.2, 0.25) is 0 Å². The molecular weight excluding hydrogens is 317 g/mol. The normalized spacial score (nSPS) is 15.6. The third-order valence-electron chi connectivity index (χ3n) is 3.81. The van der Waals surface area contributed by atoms with Gasteiger partial charge in [0, 0.05) is 29.3 Å². The molecule has 0 saturated heterocycles. The summed E-state index contributed by atoms with van der Waals surface area (Å²) in [4.78, 5) is 13.4. The Labute approximate surface area is 128 Å². The molecule has 1 saturated carbocycles. The van der Waals surface area contributed by atoms with Gasteiger partial charge in [-0.1, -0.05) is 6.42 Å². The minimum atomic E-state index is -4.21. The molecule has 0 bridgehead atoms. The average Bonchev–Trinajstić information content (AvgIpc) is 2.36. The number of carbonyl (C=O) groups excluding carboxylic acids is 1.